The highest BCUT2D eigenvalue weighted by Gasteiger charge is 2.20. The van der Waals surface area contributed by atoms with Crippen molar-refractivity contribution in [3.8, 4) is 11.5 Å². The van der Waals surface area contributed by atoms with Crippen molar-refractivity contribution in [3.05, 3.63) is 54.1 Å². The molecule has 0 saturated carbocycles. The number of esters is 1. The molecule has 0 radical (unpaired) electrons. The van der Waals surface area contributed by atoms with Crippen LogP contribution in [0, 0.1) is 0 Å². The molecule has 2 aromatic carbocycles. The number of rotatable bonds is 11. The lowest BCUT2D eigenvalue weighted by atomic mass is 10.0. The molecule has 10 heteroatoms. The molecule has 0 saturated heterocycles. The molecular formula is C21H26N2O7S. The molecule has 2 rings (SSSR count). The molecule has 2 aromatic rings. The molecule has 0 aliphatic carbocycles. The van der Waals surface area contributed by atoms with Crippen molar-refractivity contribution in [1.82, 2.24) is 10.0 Å². The summed E-state index contributed by atoms with van der Waals surface area (Å²) in [6.07, 6.45) is -0.152. The van der Waals surface area contributed by atoms with E-state index in [1.54, 1.807) is 24.3 Å². The molecule has 0 bridgehead atoms. The number of ether oxygens (including phenoxy) is 3. The first-order chi connectivity index (χ1) is 14.8. The molecule has 0 heterocycles. The number of nitrogens with one attached hydrogen (secondary N) is 2. The van der Waals surface area contributed by atoms with Gasteiger partial charge in [-0.25, -0.2) is 13.1 Å². The summed E-state index contributed by atoms with van der Waals surface area (Å²) in [4.78, 5) is 24.0. The second-order valence-corrected chi connectivity index (χ2v) is 8.24. The number of carbonyl (C=O) groups excluding carboxylic acids is 2. The summed E-state index contributed by atoms with van der Waals surface area (Å²) >= 11 is 0. The summed E-state index contributed by atoms with van der Waals surface area (Å²) in [6.45, 7) is -0.123. The van der Waals surface area contributed by atoms with Gasteiger partial charge in [-0.05, 0) is 17.7 Å². The van der Waals surface area contributed by atoms with E-state index in [9.17, 15) is 18.0 Å². The maximum absolute atomic E-state index is 12.5. The molecule has 9 nitrogen and oxygen atoms in total. The van der Waals surface area contributed by atoms with Gasteiger partial charge in [0.1, 0.15) is 0 Å². The zero-order valence-corrected chi connectivity index (χ0v) is 18.4. The Bertz CT molecular complexity index is 994. The minimum absolute atomic E-state index is 0.0154. The highest BCUT2D eigenvalue weighted by Crippen LogP contribution is 2.29. The molecule has 1 amide bonds. The van der Waals surface area contributed by atoms with E-state index in [1.165, 1.54) is 39.5 Å². The van der Waals surface area contributed by atoms with Crippen molar-refractivity contribution in [3.63, 3.8) is 0 Å². The van der Waals surface area contributed by atoms with Crippen LogP contribution in [0.1, 0.15) is 24.4 Å². The van der Waals surface area contributed by atoms with Crippen LogP contribution in [-0.4, -0.2) is 48.2 Å². The van der Waals surface area contributed by atoms with Crippen LogP contribution in [0.4, 0.5) is 0 Å². The van der Waals surface area contributed by atoms with E-state index in [1.807, 2.05) is 6.07 Å². The predicted octanol–water partition coefficient (Wildman–Crippen LogP) is 1.79. The molecule has 168 valence electrons. The zero-order chi connectivity index (χ0) is 22.9. The highest BCUT2D eigenvalue weighted by molar-refractivity contribution is 7.89. The van der Waals surface area contributed by atoms with Crippen molar-refractivity contribution in [2.24, 2.45) is 0 Å². The van der Waals surface area contributed by atoms with E-state index in [0.29, 0.717) is 5.75 Å². The second-order valence-electron chi connectivity index (χ2n) is 6.48. The molecule has 31 heavy (non-hydrogen) atoms. The quantitative estimate of drug-likeness (QED) is 0.501. The fourth-order valence-corrected chi connectivity index (χ4v) is 3.87. The molecule has 0 spiro atoms. The average Bonchev–Trinajstić information content (AvgIpc) is 2.78. The lowest BCUT2D eigenvalue weighted by Gasteiger charge is -2.18. The normalized spacial score (nSPS) is 12.0. The largest absolute Gasteiger partial charge is 0.493 e. The van der Waals surface area contributed by atoms with Gasteiger partial charge in [-0.2, -0.15) is 0 Å². The summed E-state index contributed by atoms with van der Waals surface area (Å²) < 4.78 is 42.3. The Balaban J connectivity index is 1.98. The van der Waals surface area contributed by atoms with Crippen LogP contribution in [0.25, 0.3) is 0 Å². The Morgan fingerprint density at radius 2 is 1.65 bits per heavy atom. The average molecular weight is 451 g/mol. The Morgan fingerprint density at radius 3 is 2.26 bits per heavy atom. The van der Waals surface area contributed by atoms with Crippen molar-refractivity contribution >= 4 is 21.9 Å². The lowest BCUT2D eigenvalue weighted by Crippen LogP contribution is -2.34. The van der Waals surface area contributed by atoms with Crippen LogP contribution in [-0.2, 0) is 24.3 Å². The first kappa shape index (κ1) is 24.2. The molecule has 0 aliphatic rings. The summed E-state index contributed by atoms with van der Waals surface area (Å²) in [5.41, 5.74) is 0.743. The number of benzene rings is 2. The third-order valence-electron chi connectivity index (χ3n) is 4.45. The topological polar surface area (TPSA) is 120 Å². The van der Waals surface area contributed by atoms with Crippen LogP contribution in [0.15, 0.2) is 53.4 Å². The Hall–Kier alpha value is -3.11. The third kappa shape index (κ3) is 6.97. The smallest absolute Gasteiger partial charge is 0.307 e. The monoisotopic (exact) mass is 450 g/mol. The fourth-order valence-electron chi connectivity index (χ4n) is 2.82. The van der Waals surface area contributed by atoms with E-state index < -0.39 is 27.9 Å². The van der Waals surface area contributed by atoms with Gasteiger partial charge in [0.05, 0.1) is 38.7 Å². The van der Waals surface area contributed by atoms with Gasteiger partial charge in [0, 0.05) is 19.0 Å². The SMILES string of the molecule is COC(=O)CC(NC(=O)CCNS(=O)(=O)c1ccc(OC)c(OC)c1)c1ccccc1. The maximum Gasteiger partial charge on any atom is 0.307 e. The number of amides is 1. The predicted molar refractivity (Wildman–Crippen MR) is 113 cm³/mol. The van der Waals surface area contributed by atoms with Crippen LogP contribution in [0.2, 0.25) is 0 Å². The van der Waals surface area contributed by atoms with Crippen LogP contribution in [0.3, 0.4) is 0 Å². The molecular weight excluding hydrogens is 424 g/mol. The first-order valence-electron chi connectivity index (χ1n) is 9.43. The standard InChI is InChI=1S/C21H26N2O7S/c1-28-18-10-9-16(13-19(18)29-2)31(26,27)22-12-11-20(24)23-17(14-21(25)30-3)15-7-5-4-6-8-15/h4-10,13,17,22H,11-12,14H2,1-3H3,(H,23,24). The van der Waals surface area contributed by atoms with Gasteiger partial charge in [0.25, 0.3) is 0 Å². The Labute approximate surface area is 181 Å². The molecule has 1 atom stereocenters. The van der Waals surface area contributed by atoms with Gasteiger partial charge < -0.3 is 19.5 Å². The van der Waals surface area contributed by atoms with Gasteiger partial charge in [0.15, 0.2) is 11.5 Å². The number of hydrogen-bond acceptors (Lipinski definition) is 7. The third-order valence-corrected chi connectivity index (χ3v) is 5.90. The molecule has 0 aliphatic heterocycles. The van der Waals surface area contributed by atoms with E-state index in [2.05, 4.69) is 10.0 Å². The number of methoxy groups -OCH3 is 3. The van der Waals surface area contributed by atoms with Crippen molar-refractivity contribution in [2.75, 3.05) is 27.9 Å². The number of carbonyl (C=O) groups is 2. The molecule has 0 fully saturated rings. The lowest BCUT2D eigenvalue weighted by molar-refractivity contribution is -0.141. The summed E-state index contributed by atoms with van der Waals surface area (Å²) in [7, 11) is 0.273. The summed E-state index contributed by atoms with van der Waals surface area (Å²) in [5.74, 6) is -0.203. The first-order valence-corrected chi connectivity index (χ1v) is 10.9. The minimum Gasteiger partial charge on any atom is -0.493 e. The van der Waals surface area contributed by atoms with Gasteiger partial charge in [-0.1, -0.05) is 30.3 Å². The van der Waals surface area contributed by atoms with Crippen LogP contribution >= 0.6 is 0 Å². The molecule has 0 aromatic heterocycles. The zero-order valence-electron chi connectivity index (χ0n) is 17.6. The number of hydrogen-bond donors (Lipinski definition) is 2. The van der Waals surface area contributed by atoms with Crippen molar-refractivity contribution < 1.29 is 32.2 Å². The minimum atomic E-state index is -3.86. The van der Waals surface area contributed by atoms with E-state index in [4.69, 9.17) is 14.2 Å². The van der Waals surface area contributed by atoms with E-state index in [-0.39, 0.29) is 30.0 Å². The summed E-state index contributed by atoms with van der Waals surface area (Å²) in [5, 5.41) is 2.75. The van der Waals surface area contributed by atoms with Crippen molar-refractivity contribution in [1.29, 1.82) is 0 Å². The van der Waals surface area contributed by atoms with Crippen LogP contribution < -0.4 is 19.5 Å². The van der Waals surface area contributed by atoms with Crippen molar-refractivity contribution in [2.45, 2.75) is 23.8 Å². The van der Waals surface area contributed by atoms with Gasteiger partial charge >= 0.3 is 5.97 Å². The van der Waals surface area contributed by atoms with Gasteiger partial charge in [0.2, 0.25) is 15.9 Å². The van der Waals surface area contributed by atoms with E-state index in [0.717, 1.165) is 5.56 Å². The van der Waals surface area contributed by atoms with Gasteiger partial charge in [-0.3, -0.25) is 9.59 Å². The Morgan fingerprint density at radius 1 is 0.968 bits per heavy atom. The van der Waals surface area contributed by atoms with Crippen LogP contribution in [0.5, 0.6) is 11.5 Å². The fraction of sp³-hybridized carbons (Fsp3) is 0.333. The molecule has 2 N–H and O–H groups in total. The maximum atomic E-state index is 12.5. The van der Waals surface area contributed by atoms with Gasteiger partial charge in [-0.15, -0.1) is 0 Å². The van der Waals surface area contributed by atoms with E-state index >= 15 is 0 Å². The Kier molecular flexibility index (Phi) is 8.83. The number of sulfonamides is 1. The highest BCUT2D eigenvalue weighted by atomic mass is 32.2. The molecule has 1 unspecified atom stereocenters. The summed E-state index contributed by atoms with van der Waals surface area (Å²) in [6, 6.07) is 12.6. The second kappa shape index (κ2) is 11.3.